The second-order valence-electron chi connectivity index (χ2n) is 7.64. The van der Waals surface area contributed by atoms with Crippen molar-refractivity contribution in [3.05, 3.63) is 42.0 Å². The maximum absolute atomic E-state index is 13.3. The molecule has 1 aromatic carbocycles. The number of aliphatic imine (C=N–C) groups is 1. The molecule has 170 valence electrons. The smallest absolute Gasteiger partial charge is 0.243 e. The van der Waals surface area contributed by atoms with Crippen LogP contribution < -0.4 is 5.32 Å². The minimum Gasteiger partial charge on any atom is -0.357 e. The van der Waals surface area contributed by atoms with E-state index in [9.17, 15) is 8.42 Å². The SMILES string of the molecule is CCNC(=NCc1ccccc1S(=O)(=O)N1CCN(C)CC1)N(C)Cc1ncnn1C. The molecular weight excluding hydrogens is 416 g/mol. The average molecular weight is 449 g/mol. The average Bonchev–Trinajstić information content (AvgIpc) is 3.16. The summed E-state index contributed by atoms with van der Waals surface area (Å²) in [6, 6.07) is 7.12. The van der Waals surface area contributed by atoms with E-state index >= 15 is 0 Å². The fourth-order valence-corrected chi connectivity index (χ4v) is 5.07. The number of aryl methyl sites for hydroxylation is 1. The normalized spacial score (nSPS) is 16.5. The maximum Gasteiger partial charge on any atom is 0.243 e. The van der Waals surface area contributed by atoms with E-state index in [0.29, 0.717) is 42.6 Å². The number of nitrogens with zero attached hydrogens (tertiary/aromatic N) is 7. The van der Waals surface area contributed by atoms with Crippen LogP contribution in [0.15, 0.2) is 40.5 Å². The number of guanidine groups is 1. The Hall–Kier alpha value is -2.50. The van der Waals surface area contributed by atoms with E-state index in [2.05, 4.69) is 20.3 Å². The summed E-state index contributed by atoms with van der Waals surface area (Å²) in [5.41, 5.74) is 0.684. The van der Waals surface area contributed by atoms with Crippen molar-refractivity contribution in [2.24, 2.45) is 12.0 Å². The fourth-order valence-electron chi connectivity index (χ4n) is 3.43. The Morgan fingerprint density at radius 2 is 1.90 bits per heavy atom. The Morgan fingerprint density at radius 3 is 2.55 bits per heavy atom. The standard InChI is InChI=1S/C20H32N8O2S/c1-5-21-20(26(3)15-19-23-16-24-27(19)4)22-14-17-8-6-7-9-18(17)31(29,30)28-12-10-25(2)11-13-28/h6-9,16H,5,10-15H2,1-4H3,(H,21,22). The second kappa shape index (κ2) is 10.2. The molecule has 0 amide bonds. The van der Waals surface area contributed by atoms with Gasteiger partial charge in [-0.25, -0.2) is 18.4 Å². The molecule has 3 rings (SSSR count). The number of rotatable bonds is 7. The fraction of sp³-hybridized carbons (Fsp3) is 0.550. The van der Waals surface area contributed by atoms with Gasteiger partial charge in [0.1, 0.15) is 12.2 Å². The Labute approximate surface area is 184 Å². The number of nitrogens with one attached hydrogen (secondary N) is 1. The van der Waals surface area contributed by atoms with E-state index in [4.69, 9.17) is 4.99 Å². The predicted octanol–water partition coefficient (Wildman–Crippen LogP) is 0.349. The summed E-state index contributed by atoms with van der Waals surface area (Å²) in [7, 11) is 2.21. The highest BCUT2D eigenvalue weighted by Gasteiger charge is 2.29. The lowest BCUT2D eigenvalue weighted by Crippen LogP contribution is -2.47. The summed E-state index contributed by atoms with van der Waals surface area (Å²) in [6.07, 6.45) is 1.52. The minimum absolute atomic E-state index is 0.259. The summed E-state index contributed by atoms with van der Waals surface area (Å²) in [4.78, 5) is 13.4. The molecule has 11 heteroatoms. The molecule has 1 aromatic heterocycles. The first-order valence-corrected chi connectivity index (χ1v) is 11.9. The highest BCUT2D eigenvalue weighted by atomic mass is 32.2. The van der Waals surface area contributed by atoms with Crippen LogP contribution in [-0.2, 0) is 30.2 Å². The van der Waals surface area contributed by atoms with Gasteiger partial charge in [-0.1, -0.05) is 18.2 Å². The zero-order valence-electron chi connectivity index (χ0n) is 18.7. The molecule has 0 atom stereocenters. The van der Waals surface area contributed by atoms with Crippen LogP contribution in [0.2, 0.25) is 0 Å². The third-order valence-electron chi connectivity index (χ3n) is 5.33. The van der Waals surface area contributed by atoms with Crippen molar-refractivity contribution in [1.29, 1.82) is 0 Å². The van der Waals surface area contributed by atoms with Crippen molar-refractivity contribution in [3.63, 3.8) is 0 Å². The highest BCUT2D eigenvalue weighted by Crippen LogP contribution is 2.22. The summed E-state index contributed by atoms with van der Waals surface area (Å²) >= 11 is 0. The molecule has 0 radical (unpaired) electrons. The van der Waals surface area contributed by atoms with Gasteiger partial charge in [-0.2, -0.15) is 9.40 Å². The van der Waals surface area contributed by atoms with Gasteiger partial charge in [0.15, 0.2) is 5.96 Å². The van der Waals surface area contributed by atoms with Crippen LogP contribution in [-0.4, -0.2) is 90.1 Å². The summed E-state index contributed by atoms with van der Waals surface area (Å²) in [5.74, 6) is 1.49. The molecule has 1 fully saturated rings. The van der Waals surface area contributed by atoms with Crippen molar-refractivity contribution >= 4 is 16.0 Å². The number of benzene rings is 1. The molecule has 0 bridgehead atoms. The molecular formula is C20H32N8O2S. The topological polar surface area (TPSA) is 99.0 Å². The van der Waals surface area contributed by atoms with Gasteiger partial charge in [-0.3, -0.25) is 4.68 Å². The van der Waals surface area contributed by atoms with Gasteiger partial charge < -0.3 is 15.1 Å². The van der Waals surface area contributed by atoms with Crippen molar-refractivity contribution in [2.45, 2.75) is 24.9 Å². The highest BCUT2D eigenvalue weighted by molar-refractivity contribution is 7.89. The quantitative estimate of drug-likeness (QED) is 0.482. The van der Waals surface area contributed by atoms with Crippen LogP contribution >= 0.6 is 0 Å². The van der Waals surface area contributed by atoms with E-state index in [1.807, 2.05) is 45.1 Å². The zero-order valence-corrected chi connectivity index (χ0v) is 19.5. The van der Waals surface area contributed by atoms with Crippen molar-refractivity contribution in [2.75, 3.05) is 46.8 Å². The lowest BCUT2D eigenvalue weighted by Gasteiger charge is -2.32. The van der Waals surface area contributed by atoms with Crippen molar-refractivity contribution in [3.8, 4) is 0 Å². The molecule has 1 aliphatic rings. The molecule has 0 spiro atoms. The predicted molar refractivity (Wildman–Crippen MR) is 120 cm³/mol. The first kappa shape index (κ1) is 23.2. The lowest BCUT2D eigenvalue weighted by atomic mass is 10.2. The third-order valence-corrected chi connectivity index (χ3v) is 7.33. The summed E-state index contributed by atoms with van der Waals surface area (Å²) < 4.78 is 29.9. The molecule has 1 N–H and O–H groups in total. The van der Waals surface area contributed by atoms with Crippen LogP contribution in [0.25, 0.3) is 0 Å². The zero-order chi connectivity index (χ0) is 22.4. The van der Waals surface area contributed by atoms with E-state index in [-0.39, 0.29) is 6.54 Å². The summed E-state index contributed by atoms with van der Waals surface area (Å²) in [6.45, 7) is 5.95. The van der Waals surface area contributed by atoms with Crippen molar-refractivity contribution < 1.29 is 8.42 Å². The number of likely N-dealkylation sites (N-methyl/N-ethyl adjacent to an activating group) is 1. The van der Waals surface area contributed by atoms with Crippen LogP contribution in [0.3, 0.4) is 0 Å². The number of hydrogen-bond donors (Lipinski definition) is 1. The molecule has 0 unspecified atom stereocenters. The van der Waals surface area contributed by atoms with Crippen LogP contribution in [0.5, 0.6) is 0 Å². The first-order chi connectivity index (χ1) is 14.8. The van der Waals surface area contributed by atoms with Crippen LogP contribution in [0.1, 0.15) is 18.3 Å². The molecule has 2 aromatic rings. The molecule has 1 aliphatic heterocycles. The van der Waals surface area contributed by atoms with Gasteiger partial charge in [0, 0.05) is 46.8 Å². The molecule has 10 nitrogen and oxygen atoms in total. The summed E-state index contributed by atoms with van der Waals surface area (Å²) in [5, 5.41) is 7.36. The Balaban J connectivity index is 1.81. The largest absolute Gasteiger partial charge is 0.357 e. The Morgan fingerprint density at radius 1 is 1.19 bits per heavy atom. The van der Waals surface area contributed by atoms with Crippen molar-refractivity contribution in [1.82, 2.24) is 34.2 Å². The van der Waals surface area contributed by atoms with Crippen LogP contribution in [0.4, 0.5) is 0 Å². The van der Waals surface area contributed by atoms with Gasteiger partial charge in [-0.05, 0) is 25.6 Å². The second-order valence-corrected chi connectivity index (χ2v) is 9.55. The number of sulfonamides is 1. The Bertz CT molecular complexity index is 996. The van der Waals surface area contributed by atoms with Crippen LogP contribution in [0, 0.1) is 0 Å². The lowest BCUT2D eigenvalue weighted by molar-refractivity contribution is 0.222. The van der Waals surface area contributed by atoms with Gasteiger partial charge in [0.2, 0.25) is 10.0 Å². The van der Waals surface area contributed by atoms with Gasteiger partial charge in [0.05, 0.1) is 18.0 Å². The molecule has 1 saturated heterocycles. The van der Waals surface area contributed by atoms with Gasteiger partial charge >= 0.3 is 0 Å². The molecule has 31 heavy (non-hydrogen) atoms. The maximum atomic E-state index is 13.3. The monoisotopic (exact) mass is 448 g/mol. The van der Waals surface area contributed by atoms with Gasteiger partial charge in [0.25, 0.3) is 0 Å². The molecule has 0 saturated carbocycles. The van der Waals surface area contributed by atoms with E-state index in [1.165, 1.54) is 6.33 Å². The number of piperazine rings is 1. The minimum atomic E-state index is -3.56. The van der Waals surface area contributed by atoms with E-state index < -0.39 is 10.0 Å². The third kappa shape index (κ3) is 5.60. The van der Waals surface area contributed by atoms with Gasteiger partial charge in [-0.15, -0.1) is 0 Å². The van der Waals surface area contributed by atoms with E-state index in [0.717, 1.165) is 18.9 Å². The molecule has 2 heterocycles. The first-order valence-electron chi connectivity index (χ1n) is 10.4. The molecule has 0 aliphatic carbocycles. The van der Waals surface area contributed by atoms with E-state index in [1.54, 1.807) is 21.1 Å². The number of hydrogen-bond acceptors (Lipinski definition) is 6. The number of aromatic nitrogens is 3. The Kier molecular flexibility index (Phi) is 7.63.